The molecule has 2 amide bonds. The van der Waals surface area contributed by atoms with Gasteiger partial charge in [0.2, 0.25) is 11.8 Å². The minimum absolute atomic E-state index is 0.0286. The van der Waals surface area contributed by atoms with Gasteiger partial charge in [-0.1, -0.05) is 68.1 Å². The first-order valence-electron chi connectivity index (χ1n) is 14.7. The maximum atomic E-state index is 15.1. The Kier molecular flexibility index (Phi) is 10.8. The number of hydrogen-bond acceptors (Lipinski definition) is 5. The van der Waals surface area contributed by atoms with Gasteiger partial charge >= 0.3 is 0 Å². The molecule has 10 heteroatoms. The Balaban J connectivity index is 1.72. The van der Waals surface area contributed by atoms with Crippen molar-refractivity contribution in [1.29, 1.82) is 0 Å². The lowest BCUT2D eigenvalue weighted by Gasteiger charge is -2.34. The molecule has 1 saturated carbocycles. The third-order valence-corrected chi connectivity index (χ3v) is 9.61. The summed E-state index contributed by atoms with van der Waals surface area (Å²) in [4.78, 5) is 29.2. The summed E-state index contributed by atoms with van der Waals surface area (Å²) in [5.74, 6) is -1.12. The molecule has 0 aromatic heterocycles. The van der Waals surface area contributed by atoms with Gasteiger partial charge < -0.3 is 15.0 Å². The summed E-state index contributed by atoms with van der Waals surface area (Å²) < 4.78 is 49.1. The van der Waals surface area contributed by atoms with Crippen molar-refractivity contribution in [3.63, 3.8) is 0 Å². The number of ether oxygens (including phenoxy) is 1. The number of aryl methyl sites for hydroxylation is 1. The van der Waals surface area contributed by atoms with Gasteiger partial charge in [0.25, 0.3) is 10.0 Å². The Morgan fingerprint density at radius 1 is 1.00 bits per heavy atom. The number of methoxy groups -OCH3 is 1. The van der Waals surface area contributed by atoms with E-state index in [1.807, 2.05) is 19.9 Å². The third-order valence-electron chi connectivity index (χ3n) is 7.83. The molecule has 0 heterocycles. The molecule has 3 aromatic carbocycles. The number of halogens is 1. The molecule has 1 aliphatic rings. The molecule has 0 radical (unpaired) electrons. The summed E-state index contributed by atoms with van der Waals surface area (Å²) in [7, 11) is -2.82. The molecule has 1 atom stereocenters. The number of amides is 2. The summed E-state index contributed by atoms with van der Waals surface area (Å²) in [6.45, 7) is 2.97. The largest absolute Gasteiger partial charge is 0.497 e. The van der Waals surface area contributed by atoms with Gasteiger partial charge in [0, 0.05) is 12.6 Å². The van der Waals surface area contributed by atoms with E-state index in [0.717, 1.165) is 48.0 Å². The fourth-order valence-electron chi connectivity index (χ4n) is 5.44. The van der Waals surface area contributed by atoms with Crippen LogP contribution in [0.5, 0.6) is 5.75 Å². The monoisotopic (exact) mass is 609 g/mol. The molecule has 1 N–H and O–H groups in total. The lowest BCUT2D eigenvalue weighted by atomic mass is 9.95. The molecule has 230 valence electrons. The van der Waals surface area contributed by atoms with Crippen LogP contribution in [-0.4, -0.2) is 50.9 Å². The minimum atomic E-state index is -4.36. The maximum Gasteiger partial charge on any atom is 0.264 e. The zero-order valence-corrected chi connectivity index (χ0v) is 25.8. The zero-order chi connectivity index (χ0) is 31.0. The Labute approximate surface area is 253 Å². The van der Waals surface area contributed by atoms with E-state index in [4.69, 9.17) is 4.74 Å². The molecule has 1 aliphatic carbocycles. The van der Waals surface area contributed by atoms with E-state index in [-0.39, 0.29) is 29.1 Å². The molecule has 1 unspecified atom stereocenters. The van der Waals surface area contributed by atoms with Crippen molar-refractivity contribution in [2.45, 2.75) is 75.9 Å². The van der Waals surface area contributed by atoms with Gasteiger partial charge in [-0.2, -0.15) is 0 Å². The van der Waals surface area contributed by atoms with Gasteiger partial charge in [0.05, 0.1) is 17.7 Å². The first-order chi connectivity index (χ1) is 20.6. The van der Waals surface area contributed by atoms with Crippen LogP contribution >= 0.6 is 0 Å². The first kappa shape index (κ1) is 32.0. The summed E-state index contributed by atoms with van der Waals surface area (Å²) in [5, 5.41) is 3.12. The zero-order valence-electron chi connectivity index (χ0n) is 25.0. The van der Waals surface area contributed by atoms with E-state index in [1.54, 1.807) is 30.3 Å². The molecule has 0 spiro atoms. The Hall–Kier alpha value is -3.92. The molecular weight excluding hydrogens is 569 g/mol. The van der Waals surface area contributed by atoms with Gasteiger partial charge in [-0.25, -0.2) is 12.8 Å². The van der Waals surface area contributed by atoms with Crippen molar-refractivity contribution in [1.82, 2.24) is 10.2 Å². The van der Waals surface area contributed by atoms with Crippen LogP contribution in [0.25, 0.3) is 0 Å². The Morgan fingerprint density at radius 3 is 2.35 bits per heavy atom. The van der Waals surface area contributed by atoms with E-state index < -0.39 is 34.3 Å². The predicted molar refractivity (Wildman–Crippen MR) is 165 cm³/mol. The normalized spacial score (nSPS) is 14.5. The second-order valence-corrected chi connectivity index (χ2v) is 12.8. The molecule has 4 rings (SSSR count). The average Bonchev–Trinajstić information content (AvgIpc) is 3.01. The highest BCUT2D eigenvalue weighted by atomic mass is 32.2. The van der Waals surface area contributed by atoms with Crippen LogP contribution in [0.4, 0.5) is 10.1 Å². The summed E-state index contributed by atoms with van der Waals surface area (Å²) in [6.07, 6.45) is 5.25. The van der Waals surface area contributed by atoms with E-state index in [9.17, 15) is 18.0 Å². The number of nitrogens with one attached hydrogen (secondary N) is 1. The average molecular weight is 610 g/mol. The number of sulfonamides is 1. The SMILES string of the molecule is CCC(C(=O)NC1CCCCC1)N(Cc1cccc(OC)c1)C(=O)CN(c1ccccc1F)S(=O)(=O)c1ccc(C)cc1. The van der Waals surface area contributed by atoms with Crippen LogP contribution in [0.1, 0.15) is 56.6 Å². The molecule has 1 fully saturated rings. The number of rotatable bonds is 12. The molecule has 0 bridgehead atoms. The Morgan fingerprint density at radius 2 is 1.70 bits per heavy atom. The predicted octanol–water partition coefficient (Wildman–Crippen LogP) is 5.59. The lowest BCUT2D eigenvalue weighted by Crippen LogP contribution is -2.54. The lowest BCUT2D eigenvalue weighted by molar-refractivity contribution is -0.140. The molecule has 0 saturated heterocycles. The molecule has 8 nitrogen and oxygen atoms in total. The van der Waals surface area contributed by atoms with Crippen LogP contribution in [0.15, 0.2) is 77.7 Å². The smallest absolute Gasteiger partial charge is 0.264 e. The van der Waals surface area contributed by atoms with E-state index >= 15 is 4.39 Å². The highest BCUT2D eigenvalue weighted by molar-refractivity contribution is 7.92. The van der Waals surface area contributed by atoms with E-state index in [0.29, 0.717) is 17.7 Å². The second-order valence-electron chi connectivity index (χ2n) is 10.9. The number of carbonyl (C=O) groups excluding carboxylic acids is 2. The minimum Gasteiger partial charge on any atom is -0.497 e. The highest BCUT2D eigenvalue weighted by Gasteiger charge is 2.35. The van der Waals surface area contributed by atoms with E-state index in [1.165, 1.54) is 42.3 Å². The maximum absolute atomic E-state index is 15.1. The molecular formula is C33H40FN3O5S. The second kappa shape index (κ2) is 14.5. The van der Waals surface area contributed by atoms with Crippen molar-refractivity contribution >= 4 is 27.5 Å². The number of carbonyl (C=O) groups is 2. The van der Waals surface area contributed by atoms with Gasteiger partial charge in [-0.05, 0) is 68.1 Å². The fraction of sp³-hybridized carbons (Fsp3) is 0.394. The molecule has 3 aromatic rings. The van der Waals surface area contributed by atoms with Crippen molar-refractivity contribution in [3.05, 3.63) is 89.7 Å². The molecule has 0 aliphatic heterocycles. The van der Waals surface area contributed by atoms with Gasteiger partial charge in [-0.15, -0.1) is 0 Å². The number of hydrogen-bond donors (Lipinski definition) is 1. The van der Waals surface area contributed by atoms with Crippen LogP contribution in [-0.2, 0) is 26.2 Å². The number of nitrogens with zero attached hydrogens (tertiary/aromatic N) is 2. The summed E-state index contributed by atoms with van der Waals surface area (Å²) in [5.41, 5.74) is 1.31. The van der Waals surface area contributed by atoms with Crippen molar-refractivity contribution in [3.8, 4) is 5.75 Å². The standard InChI is InChI=1S/C33H40FN3O5S/c1-4-30(33(39)35-26-12-6-5-7-13-26)36(22-25-11-10-14-27(21-25)42-3)32(38)23-37(31-16-9-8-15-29(31)34)43(40,41)28-19-17-24(2)18-20-28/h8-11,14-21,26,30H,4-7,12-13,22-23H2,1-3H3,(H,35,39). The number of anilines is 1. The van der Waals surface area contributed by atoms with Crippen LogP contribution in [0, 0.1) is 12.7 Å². The van der Waals surface area contributed by atoms with Gasteiger partial charge in [-0.3, -0.25) is 13.9 Å². The van der Waals surface area contributed by atoms with Crippen LogP contribution in [0.3, 0.4) is 0 Å². The number of benzene rings is 3. The van der Waals surface area contributed by atoms with Gasteiger partial charge in [0.15, 0.2) is 0 Å². The van der Waals surface area contributed by atoms with Crippen LogP contribution < -0.4 is 14.4 Å². The van der Waals surface area contributed by atoms with Gasteiger partial charge in [0.1, 0.15) is 24.2 Å². The first-order valence-corrected chi connectivity index (χ1v) is 16.1. The Bertz CT molecular complexity index is 1510. The summed E-state index contributed by atoms with van der Waals surface area (Å²) >= 11 is 0. The van der Waals surface area contributed by atoms with E-state index in [2.05, 4.69) is 5.32 Å². The number of para-hydroxylation sites is 1. The van der Waals surface area contributed by atoms with Crippen molar-refractivity contribution < 1.29 is 27.1 Å². The van der Waals surface area contributed by atoms with Crippen molar-refractivity contribution in [2.24, 2.45) is 0 Å². The van der Waals surface area contributed by atoms with Crippen molar-refractivity contribution in [2.75, 3.05) is 18.0 Å². The summed E-state index contributed by atoms with van der Waals surface area (Å²) in [6, 6.07) is 17.9. The topological polar surface area (TPSA) is 96.0 Å². The highest BCUT2D eigenvalue weighted by Crippen LogP contribution is 2.28. The van der Waals surface area contributed by atoms with Crippen LogP contribution in [0.2, 0.25) is 0 Å². The molecule has 43 heavy (non-hydrogen) atoms. The third kappa shape index (κ3) is 7.93. The quantitative estimate of drug-likeness (QED) is 0.289. The fourth-order valence-corrected chi connectivity index (χ4v) is 6.86.